The van der Waals surface area contributed by atoms with E-state index in [4.69, 9.17) is 17.2 Å². The van der Waals surface area contributed by atoms with Gasteiger partial charge in [0.25, 0.3) is 0 Å². The molecule has 0 bridgehead atoms. The van der Waals surface area contributed by atoms with Crippen LogP contribution in [-0.4, -0.2) is 80.5 Å². The Morgan fingerprint density at radius 3 is 2.10 bits per heavy atom. The van der Waals surface area contributed by atoms with Crippen LogP contribution in [0.5, 0.6) is 5.75 Å². The summed E-state index contributed by atoms with van der Waals surface area (Å²) < 4.78 is 0. The van der Waals surface area contributed by atoms with Crippen LogP contribution in [0.4, 0.5) is 0 Å². The Morgan fingerprint density at radius 1 is 0.878 bits per heavy atom. The molecule has 2 aromatic rings. The molecule has 4 atom stereocenters. The Kier molecular flexibility index (Phi) is 13.2. The number of primary amides is 1. The molecule has 0 aliphatic carbocycles. The number of nitrogens with one attached hydrogen (secondary N) is 4. The van der Waals surface area contributed by atoms with Gasteiger partial charge >= 0.3 is 5.97 Å². The highest BCUT2D eigenvalue weighted by Crippen LogP contribution is 2.11. The highest BCUT2D eigenvalue weighted by atomic mass is 16.4. The van der Waals surface area contributed by atoms with Gasteiger partial charge in [0.15, 0.2) is 0 Å². The maximum absolute atomic E-state index is 13.4. The average molecular weight is 575 g/mol. The van der Waals surface area contributed by atoms with Crippen LogP contribution in [0.1, 0.15) is 43.4 Å². The molecule has 0 spiro atoms. The summed E-state index contributed by atoms with van der Waals surface area (Å²) in [6.45, 7) is 0.370. The Balaban J connectivity index is 2.17. The lowest BCUT2D eigenvalue weighted by molar-refractivity contribution is -0.142. The lowest BCUT2D eigenvalue weighted by atomic mass is 10.0. The highest BCUT2D eigenvalue weighted by molar-refractivity contribution is 5.94. The van der Waals surface area contributed by atoms with Crippen LogP contribution in [0.2, 0.25) is 0 Å². The molecule has 0 radical (unpaired) electrons. The fourth-order valence-corrected chi connectivity index (χ4v) is 3.93. The van der Waals surface area contributed by atoms with Gasteiger partial charge in [-0.2, -0.15) is 0 Å². The topological polar surface area (TPSA) is 269 Å². The Labute approximate surface area is 236 Å². The molecule has 0 fully saturated rings. The van der Waals surface area contributed by atoms with Gasteiger partial charge in [-0.3, -0.25) is 19.2 Å². The maximum Gasteiger partial charge on any atom is 0.326 e. The minimum absolute atomic E-state index is 0.0659. The third-order valence-corrected chi connectivity index (χ3v) is 6.21. The van der Waals surface area contributed by atoms with Gasteiger partial charge in [0, 0.05) is 24.7 Å². The van der Waals surface area contributed by atoms with Gasteiger partial charge in [0.05, 0.1) is 12.4 Å². The number of benzene rings is 1. The van der Waals surface area contributed by atoms with Gasteiger partial charge in [-0.15, -0.1) is 0 Å². The molecule has 2 rings (SSSR count). The van der Waals surface area contributed by atoms with Crippen LogP contribution >= 0.6 is 0 Å². The second-order valence-electron chi connectivity index (χ2n) is 9.57. The van der Waals surface area contributed by atoms with Gasteiger partial charge in [-0.05, 0) is 56.3 Å². The number of aromatic hydroxyl groups is 1. The number of aromatic amines is 1. The normalized spacial score (nSPS) is 13.8. The summed E-state index contributed by atoms with van der Waals surface area (Å²) in [5, 5.41) is 26.5. The summed E-state index contributed by atoms with van der Waals surface area (Å²) in [6.07, 6.45) is 3.67. The molecule has 15 heteroatoms. The van der Waals surface area contributed by atoms with E-state index in [1.165, 1.54) is 24.7 Å². The lowest BCUT2D eigenvalue weighted by Crippen LogP contribution is -2.57. The van der Waals surface area contributed by atoms with E-state index in [-0.39, 0.29) is 37.9 Å². The van der Waals surface area contributed by atoms with E-state index in [9.17, 15) is 34.2 Å². The molecule has 1 aromatic carbocycles. The van der Waals surface area contributed by atoms with Crippen molar-refractivity contribution in [2.45, 2.75) is 69.1 Å². The number of hydrogen-bond acceptors (Lipinski definition) is 9. The average Bonchev–Trinajstić information content (AvgIpc) is 3.44. The molecule has 1 heterocycles. The number of aliphatic carboxylic acids is 1. The minimum atomic E-state index is -1.42. The first-order valence-electron chi connectivity index (χ1n) is 13.1. The van der Waals surface area contributed by atoms with Crippen LogP contribution in [0.25, 0.3) is 0 Å². The molecule has 41 heavy (non-hydrogen) atoms. The molecule has 1 aromatic heterocycles. The molecule has 15 nitrogen and oxygen atoms in total. The molecular weight excluding hydrogens is 536 g/mol. The molecule has 0 saturated carbocycles. The van der Waals surface area contributed by atoms with Crippen LogP contribution in [0.3, 0.4) is 0 Å². The van der Waals surface area contributed by atoms with Crippen LogP contribution in [-0.2, 0) is 36.8 Å². The largest absolute Gasteiger partial charge is 0.508 e. The first-order chi connectivity index (χ1) is 19.5. The number of carbonyl (C=O) groups excluding carboxylic acids is 4. The van der Waals surface area contributed by atoms with Crippen molar-refractivity contribution in [2.24, 2.45) is 17.2 Å². The van der Waals surface area contributed by atoms with Crippen molar-refractivity contribution in [3.8, 4) is 5.75 Å². The number of hydrogen-bond donors (Lipinski definition) is 9. The molecule has 12 N–H and O–H groups in total. The van der Waals surface area contributed by atoms with Gasteiger partial charge in [0.2, 0.25) is 23.6 Å². The summed E-state index contributed by atoms with van der Waals surface area (Å²) in [5.74, 6) is -4.14. The maximum atomic E-state index is 13.4. The number of carboxylic acid groups (broad SMARTS) is 1. The second-order valence-corrected chi connectivity index (χ2v) is 9.57. The minimum Gasteiger partial charge on any atom is -0.508 e. The van der Waals surface area contributed by atoms with Crippen molar-refractivity contribution in [3.05, 3.63) is 48.0 Å². The molecule has 4 unspecified atom stereocenters. The molecule has 0 aliphatic rings. The van der Waals surface area contributed by atoms with E-state index in [1.807, 2.05) is 0 Å². The number of nitrogens with zero attached hydrogens (tertiary/aromatic N) is 1. The Morgan fingerprint density at radius 2 is 1.51 bits per heavy atom. The standard InChI is InChI=1S/C26H38N8O7/c27-10-2-1-3-19(32-23(37)18(28)11-15-4-6-17(35)7-5-15)24(38)34-21(12-16-13-30-14-31-16)25(39)33-20(26(40)41)8-9-22(29)36/h4-7,13-14,18-21,35H,1-3,8-12,27-28H2,(H2,29,36)(H,30,31)(H,32,37)(H,33,39)(H,34,38)(H,40,41). The van der Waals surface area contributed by atoms with Crippen LogP contribution < -0.4 is 33.2 Å². The quantitative estimate of drug-likeness (QED) is 0.0897. The van der Waals surface area contributed by atoms with E-state index >= 15 is 0 Å². The summed E-state index contributed by atoms with van der Waals surface area (Å²) >= 11 is 0. The summed E-state index contributed by atoms with van der Waals surface area (Å²) in [4.78, 5) is 68.9. The van der Waals surface area contributed by atoms with Crippen molar-refractivity contribution < 1.29 is 34.2 Å². The van der Waals surface area contributed by atoms with Crippen molar-refractivity contribution in [1.29, 1.82) is 0 Å². The number of aromatic nitrogens is 2. The van der Waals surface area contributed by atoms with Crippen molar-refractivity contribution in [1.82, 2.24) is 25.9 Å². The van der Waals surface area contributed by atoms with Gasteiger partial charge in [0.1, 0.15) is 23.9 Å². The number of carbonyl (C=O) groups is 5. The lowest BCUT2D eigenvalue weighted by Gasteiger charge is -2.25. The predicted molar refractivity (Wildman–Crippen MR) is 147 cm³/mol. The van der Waals surface area contributed by atoms with E-state index in [1.54, 1.807) is 12.1 Å². The number of unbranched alkanes of at least 4 members (excludes halogenated alkanes) is 1. The SMILES string of the molecule is NCCCCC(NC(=O)C(N)Cc1ccc(O)cc1)C(=O)NC(Cc1cnc[nH]1)C(=O)NC(CCC(N)=O)C(=O)O. The summed E-state index contributed by atoms with van der Waals surface area (Å²) in [5.41, 5.74) is 17.9. The third kappa shape index (κ3) is 11.6. The molecule has 0 saturated heterocycles. The number of imidazole rings is 1. The fraction of sp³-hybridized carbons (Fsp3) is 0.462. The Bertz CT molecular complexity index is 1160. The van der Waals surface area contributed by atoms with Gasteiger partial charge < -0.3 is 48.3 Å². The highest BCUT2D eigenvalue weighted by Gasteiger charge is 2.31. The summed E-state index contributed by atoms with van der Waals surface area (Å²) in [6, 6.07) is 1.44. The van der Waals surface area contributed by atoms with E-state index < -0.39 is 53.8 Å². The molecule has 4 amide bonds. The van der Waals surface area contributed by atoms with Gasteiger partial charge in [-0.1, -0.05) is 12.1 Å². The molecular formula is C26H38N8O7. The van der Waals surface area contributed by atoms with Crippen molar-refractivity contribution >= 4 is 29.6 Å². The van der Waals surface area contributed by atoms with E-state index in [0.29, 0.717) is 30.6 Å². The number of H-pyrrole nitrogens is 1. The van der Waals surface area contributed by atoms with Crippen LogP contribution in [0.15, 0.2) is 36.8 Å². The summed E-state index contributed by atoms with van der Waals surface area (Å²) in [7, 11) is 0. The number of amides is 4. The van der Waals surface area contributed by atoms with E-state index in [2.05, 4.69) is 25.9 Å². The molecule has 224 valence electrons. The number of phenols is 1. The zero-order valence-electron chi connectivity index (χ0n) is 22.5. The third-order valence-electron chi connectivity index (χ3n) is 6.21. The second kappa shape index (κ2) is 16.6. The first kappa shape index (κ1) is 32.7. The number of phenolic OH excluding ortho intramolecular Hbond substituents is 1. The zero-order chi connectivity index (χ0) is 30.4. The van der Waals surface area contributed by atoms with Crippen molar-refractivity contribution in [3.63, 3.8) is 0 Å². The first-order valence-corrected chi connectivity index (χ1v) is 13.1. The predicted octanol–water partition coefficient (Wildman–Crippen LogP) is -1.84. The monoisotopic (exact) mass is 574 g/mol. The number of nitrogens with two attached hydrogens (primary N) is 3. The van der Waals surface area contributed by atoms with Crippen molar-refractivity contribution in [2.75, 3.05) is 6.54 Å². The fourth-order valence-electron chi connectivity index (χ4n) is 3.93. The smallest absolute Gasteiger partial charge is 0.326 e. The van der Waals surface area contributed by atoms with Crippen LogP contribution in [0, 0.1) is 0 Å². The molecule has 0 aliphatic heterocycles. The van der Waals surface area contributed by atoms with E-state index in [0.717, 1.165) is 0 Å². The van der Waals surface area contributed by atoms with Gasteiger partial charge in [-0.25, -0.2) is 9.78 Å². The number of carboxylic acids is 1. The zero-order valence-corrected chi connectivity index (χ0v) is 22.5. The number of rotatable bonds is 18. The Hall–Kier alpha value is -4.50.